The number of aromatic nitrogens is 3. The van der Waals surface area contributed by atoms with Gasteiger partial charge in [0.2, 0.25) is 0 Å². The largest absolute Gasteiger partial charge is 0.392 e. The molecule has 8 heteroatoms. The van der Waals surface area contributed by atoms with Crippen LogP contribution in [0.5, 0.6) is 0 Å². The molecule has 2 rings (SSSR count). The van der Waals surface area contributed by atoms with E-state index in [1.54, 1.807) is 0 Å². The number of nitrogens with zero attached hydrogens (tertiary/aromatic N) is 3. The van der Waals surface area contributed by atoms with Gasteiger partial charge in [0.25, 0.3) is 0 Å². The first-order valence-corrected chi connectivity index (χ1v) is 13.7. The van der Waals surface area contributed by atoms with Crippen LogP contribution < -0.4 is 17.1 Å². The summed E-state index contributed by atoms with van der Waals surface area (Å²) in [5.74, 6) is 0. The second-order valence-corrected chi connectivity index (χ2v) is 10.6. The molecule has 1 aromatic rings. The van der Waals surface area contributed by atoms with Crippen molar-refractivity contribution in [3.05, 3.63) is 55.8 Å². The summed E-state index contributed by atoms with van der Waals surface area (Å²) in [6, 6.07) is 0. The highest BCUT2D eigenvalue weighted by Crippen LogP contribution is 2.34. The number of ether oxygens (including phenoxy) is 1. The monoisotopic (exact) mass is 505 g/mol. The number of hydrogen-bond donors (Lipinski definition) is 1. The third-order valence-corrected chi connectivity index (χ3v) is 7.03. The summed E-state index contributed by atoms with van der Waals surface area (Å²) in [5, 5.41) is 9.89. The zero-order chi connectivity index (χ0) is 26.7. The predicted octanol–water partition coefficient (Wildman–Crippen LogP) is 4.01. The van der Waals surface area contributed by atoms with Crippen LogP contribution in [0.3, 0.4) is 0 Å². The van der Waals surface area contributed by atoms with E-state index in [9.17, 15) is 19.5 Å². The Bertz CT molecular complexity index is 1050. The van der Waals surface area contributed by atoms with Gasteiger partial charge in [0.05, 0.1) is 19.2 Å². The standard InChI is InChI=1S/C28H47N3O5/c1-6-9-11-12-13-15-23-24(36-23)21-31-26(34)29(25(33)30(27(31)35)20-22(4)32)19-14-18-28(5,16-8-3)17-10-7-2/h6,9,13,15,22-24,32H,7-8,10-12,14,16-21H2,1-5H3/b9-6-,15-13-. The van der Waals surface area contributed by atoms with Crippen molar-refractivity contribution < 1.29 is 9.84 Å². The number of rotatable bonds is 17. The Morgan fingerprint density at radius 1 is 0.944 bits per heavy atom. The highest BCUT2D eigenvalue weighted by Gasteiger charge is 2.38. The normalized spacial score (nSPS) is 20.3. The molecule has 36 heavy (non-hydrogen) atoms. The first-order chi connectivity index (χ1) is 17.2. The molecule has 1 aliphatic rings. The molecule has 1 aromatic heterocycles. The Morgan fingerprint density at radius 2 is 1.58 bits per heavy atom. The highest BCUT2D eigenvalue weighted by atomic mass is 16.6. The van der Waals surface area contributed by atoms with Crippen LogP contribution in [0.25, 0.3) is 0 Å². The molecule has 4 atom stereocenters. The number of aliphatic hydroxyl groups excluding tert-OH is 1. The molecule has 8 nitrogen and oxygen atoms in total. The first-order valence-electron chi connectivity index (χ1n) is 13.7. The summed E-state index contributed by atoms with van der Waals surface area (Å²) in [6.45, 7) is 10.4. The van der Waals surface area contributed by atoms with Crippen LogP contribution in [0, 0.1) is 5.41 Å². The molecular formula is C28H47N3O5. The Hall–Kier alpha value is -2.19. The van der Waals surface area contributed by atoms with Crippen molar-refractivity contribution in [1.29, 1.82) is 0 Å². The van der Waals surface area contributed by atoms with Gasteiger partial charge in [-0.25, -0.2) is 28.1 Å². The maximum absolute atomic E-state index is 13.3. The molecule has 2 heterocycles. The summed E-state index contributed by atoms with van der Waals surface area (Å²) in [6.07, 6.45) is 15.9. The lowest BCUT2D eigenvalue weighted by molar-refractivity contribution is 0.166. The number of aliphatic hydroxyl groups is 1. The van der Waals surface area contributed by atoms with E-state index in [1.165, 1.54) is 11.5 Å². The molecule has 0 spiro atoms. The number of hydrogen-bond acceptors (Lipinski definition) is 5. The lowest BCUT2D eigenvalue weighted by Gasteiger charge is -2.29. The fourth-order valence-corrected chi connectivity index (χ4v) is 4.94. The molecular weight excluding hydrogens is 458 g/mol. The van der Waals surface area contributed by atoms with Crippen molar-refractivity contribution in [3.63, 3.8) is 0 Å². The zero-order valence-electron chi connectivity index (χ0n) is 22.9. The third kappa shape index (κ3) is 8.73. The summed E-state index contributed by atoms with van der Waals surface area (Å²) >= 11 is 0. The molecule has 0 saturated carbocycles. The second-order valence-electron chi connectivity index (χ2n) is 10.6. The van der Waals surface area contributed by atoms with Gasteiger partial charge in [-0.1, -0.05) is 64.3 Å². The summed E-state index contributed by atoms with van der Waals surface area (Å²) < 4.78 is 8.92. The van der Waals surface area contributed by atoms with Gasteiger partial charge in [0, 0.05) is 6.54 Å². The minimum Gasteiger partial charge on any atom is -0.392 e. The summed E-state index contributed by atoms with van der Waals surface area (Å²) in [7, 11) is 0. The van der Waals surface area contributed by atoms with Gasteiger partial charge in [-0.05, 0) is 57.8 Å². The average molecular weight is 506 g/mol. The SMILES string of the molecule is C/C=C\CC/C=C\C1OC1Cn1c(=O)n(CCCC(C)(CCC)CCCC)c(=O)n(CC(C)O)c1=O. The smallest absolute Gasteiger partial charge is 0.336 e. The molecule has 0 aromatic carbocycles. The quantitative estimate of drug-likeness (QED) is 0.196. The number of allylic oxidation sites excluding steroid dienone is 3. The Labute approximate surface area is 215 Å². The average Bonchev–Trinajstić information content (AvgIpc) is 3.58. The van der Waals surface area contributed by atoms with Crippen LogP contribution in [0.2, 0.25) is 0 Å². The lowest BCUT2D eigenvalue weighted by Crippen LogP contribution is -2.55. The minimum atomic E-state index is -0.887. The third-order valence-electron chi connectivity index (χ3n) is 7.03. The molecule has 1 aliphatic heterocycles. The molecule has 1 N–H and O–H groups in total. The van der Waals surface area contributed by atoms with Gasteiger partial charge < -0.3 is 9.84 Å². The molecule has 0 amide bonds. The fourth-order valence-electron chi connectivity index (χ4n) is 4.94. The summed E-state index contributed by atoms with van der Waals surface area (Å²) in [4.78, 5) is 39.4. The van der Waals surface area contributed by atoms with E-state index in [0.717, 1.165) is 60.5 Å². The Morgan fingerprint density at radius 3 is 2.22 bits per heavy atom. The lowest BCUT2D eigenvalue weighted by atomic mass is 9.77. The zero-order valence-corrected chi connectivity index (χ0v) is 22.9. The van der Waals surface area contributed by atoms with Gasteiger partial charge in [0.1, 0.15) is 12.2 Å². The predicted molar refractivity (Wildman–Crippen MR) is 145 cm³/mol. The van der Waals surface area contributed by atoms with E-state index >= 15 is 0 Å². The highest BCUT2D eigenvalue weighted by molar-refractivity contribution is 5.03. The number of unbranched alkanes of at least 4 members (excludes halogenated alkanes) is 2. The van der Waals surface area contributed by atoms with Crippen molar-refractivity contribution in [1.82, 2.24) is 13.7 Å². The van der Waals surface area contributed by atoms with Crippen LogP contribution in [-0.2, 0) is 24.4 Å². The van der Waals surface area contributed by atoms with Crippen molar-refractivity contribution in [2.24, 2.45) is 5.41 Å². The molecule has 1 saturated heterocycles. The van der Waals surface area contributed by atoms with E-state index in [4.69, 9.17) is 4.74 Å². The van der Waals surface area contributed by atoms with Crippen LogP contribution in [0.1, 0.15) is 92.4 Å². The van der Waals surface area contributed by atoms with E-state index in [-0.39, 0.29) is 37.3 Å². The van der Waals surface area contributed by atoms with Crippen LogP contribution in [0.15, 0.2) is 38.7 Å². The molecule has 4 unspecified atom stereocenters. The fraction of sp³-hybridized carbons (Fsp3) is 0.750. The Balaban J connectivity index is 2.22. The van der Waals surface area contributed by atoms with Gasteiger partial charge in [-0.2, -0.15) is 0 Å². The van der Waals surface area contributed by atoms with E-state index in [1.807, 2.05) is 25.2 Å². The van der Waals surface area contributed by atoms with E-state index in [0.29, 0.717) is 6.42 Å². The molecule has 0 radical (unpaired) electrons. The van der Waals surface area contributed by atoms with Gasteiger partial charge in [-0.3, -0.25) is 0 Å². The Kier molecular flexibility index (Phi) is 12.1. The molecule has 204 valence electrons. The minimum absolute atomic E-state index is 0.0890. The van der Waals surface area contributed by atoms with Crippen molar-refractivity contribution in [2.75, 3.05) is 0 Å². The van der Waals surface area contributed by atoms with Gasteiger partial charge in [-0.15, -0.1) is 0 Å². The van der Waals surface area contributed by atoms with E-state index < -0.39 is 23.2 Å². The van der Waals surface area contributed by atoms with Gasteiger partial charge >= 0.3 is 17.1 Å². The van der Waals surface area contributed by atoms with Crippen LogP contribution in [-0.4, -0.2) is 37.1 Å². The molecule has 1 fully saturated rings. The van der Waals surface area contributed by atoms with E-state index in [2.05, 4.69) is 26.8 Å². The van der Waals surface area contributed by atoms with Crippen molar-refractivity contribution in [2.45, 2.75) is 130 Å². The van der Waals surface area contributed by atoms with Crippen molar-refractivity contribution in [3.8, 4) is 0 Å². The molecule has 0 bridgehead atoms. The first kappa shape index (κ1) is 30.0. The molecule has 0 aliphatic carbocycles. The van der Waals surface area contributed by atoms with Crippen LogP contribution in [0.4, 0.5) is 0 Å². The maximum atomic E-state index is 13.3. The maximum Gasteiger partial charge on any atom is 0.336 e. The topological polar surface area (TPSA) is 98.8 Å². The summed E-state index contributed by atoms with van der Waals surface area (Å²) in [5.41, 5.74) is -1.75. The number of epoxide rings is 1. The second kappa shape index (κ2) is 14.5. The van der Waals surface area contributed by atoms with Gasteiger partial charge in [0.15, 0.2) is 0 Å². The van der Waals surface area contributed by atoms with Crippen molar-refractivity contribution >= 4 is 0 Å². The van der Waals surface area contributed by atoms with Crippen LogP contribution >= 0.6 is 0 Å².